The van der Waals surface area contributed by atoms with Gasteiger partial charge < -0.3 is 5.43 Å². The van der Waals surface area contributed by atoms with E-state index in [-0.39, 0.29) is 0 Å². The number of hydrazine groups is 2. The maximum atomic E-state index is 3.44. The van der Waals surface area contributed by atoms with Gasteiger partial charge in [-0.3, -0.25) is 14.8 Å². The van der Waals surface area contributed by atoms with E-state index in [1.54, 1.807) is 0 Å². The van der Waals surface area contributed by atoms with Crippen molar-refractivity contribution in [1.29, 1.82) is 0 Å². The summed E-state index contributed by atoms with van der Waals surface area (Å²) in [5, 5.41) is 2.34. The number of nitrogens with zero attached hydrogens (tertiary/aromatic N) is 3. The Morgan fingerprint density at radius 2 is 1.41 bits per heavy atom. The van der Waals surface area contributed by atoms with Crippen molar-refractivity contribution in [3.8, 4) is 0 Å². The van der Waals surface area contributed by atoms with Gasteiger partial charge in [0, 0.05) is 50.0 Å². The molecule has 2 N–H and O–H groups in total. The summed E-state index contributed by atoms with van der Waals surface area (Å²) in [6.07, 6.45) is 18.9. The fraction of sp³-hybridized carbons (Fsp3) is 0.704. The monoisotopic (exact) mass is 437 g/mol. The fourth-order valence-corrected chi connectivity index (χ4v) is 6.15. The number of piperidine rings is 1. The Morgan fingerprint density at radius 1 is 0.719 bits per heavy atom. The molecule has 32 heavy (non-hydrogen) atoms. The third-order valence-corrected chi connectivity index (χ3v) is 8.15. The molecule has 3 heterocycles. The second kappa shape index (κ2) is 11.0. The summed E-state index contributed by atoms with van der Waals surface area (Å²) in [6, 6.07) is 10.7. The zero-order valence-electron chi connectivity index (χ0n) is 19.9. The molecule has 5 rings (SSSR count). The minimum atomic E-state index is 0.607. The summed E-state index contributed by atoms with van der Waals surface area (Å²) in [4.78, 5) is 5.39. The Morgan fingerprint density at radius 3 is 2.19 bits per heavy atom. The third-order valence-electron chi connectivity index (χ3n) is 8.15. The van der Waals surface area contributed by atoms with E-state index in [4.69, 9.17) is 0 Å². The number of fused-ring (bicyclic) bond motifs is 1. The van der Waals surface area contributed by atoms with Gasteiger partial charge in [-0.1, -0.05) is 75.6 Å². The predicted molar refractivity (Wildman–Crippen MR) is 132 cm³/mol. The molecule has 1 aromatic rings. The first-order valence-electron chi connectivity index (χ1n) is 13.4. The maximum Gasteiger partial charge on any atom is 0.0751 e. The van der Waals surface area contributed by atoms with E-state index in [1.807, 2.05) is 0 Å². The fourth-order valence-electron chi connectivity index (χ4n) is 6.15. The third kappa shape index (κ3) is 5.67. The number of nitrogens with one attached hydrogen (secondary N) is 2. The highest BCUT2D eigenvalue weighted by Gasteiger charge is 2.28. The van der Waals surface area contributed by atoms with Gasteiger partial charge in [0.1, 0.15) is 0 Å². The van der Waals surface area contributed by atoms with Crippen molar-refractivity contribution < 1.29 is 0 Å². The summed E-state index contributed by atoms with van der Waals surface area (Å²) in [5.41, 5.74) is 10.8. The molecule has 5 nitrogen and oxygen atoms in total. The van der Waals surface area contributed by atoms with Crippen LogP contribution in [0.1, 0.15) is 88.2 Å². The van der Waals surface area contributed by atoms with E-state index in [1.165, 1.54) is 120 Å². The average molecular weight is 438 g/mol. The van der Waals surface area contributed by atoms with Crippen LogP contribution < -0.4 is 11.0 Å². The lowest BCUT2D eigenvalue weighted by Crippen LogP contribution is -2.54. The van der Waals surface area contributed by atoms with Crippen LogP contribution in [-0.2, 0) is 6.54 Å². The predicted octanol–water partition coefficient (Wildman–Crippen LogP) is 4.87. The largest absolute Gasteiger partial charge is 0.302 e. The lowest BCUT2D eigenvalue weighted by atomic mass is 9.97. The Balaban J connectivity index is 1.16. The summed E-state index contributed by atoms with van der Waals surface area (Å²) in [7, 11) is 0. The van der Waals surface area contributed by atoms with Gasteiger partial charge >= 0.3 is 0 Å². The van der Waals surface area contributed by atoms with E-state index in [0.29, 0.717) is 6.04 Å². The van der Waals surface area contributed by atoms with E-state index in [9.17, 15) is 0 Å². The van der Waals surface area contributed by atoms with Gasteiger partial charge in [-0.05, 0) is 37.8 Å². The normalized spacial score (nSPS) is 26.9. The molecule has 1 aliphatic carbocycles. The molecule has 4 aliphatic rings. The average Bonchev–Trinajstić information content (AvgIpc) is 3.33. The van der Waals surface area contributed by atoms with Gasteiger partial charge in [-0.25, -0.2) is 0 Å². The molecule has 3 fully saturated rings. The lowest BCUT2D eigenvalue weighted by Gasteiger charge is -2.44. The van der Waals surface area contributed by atoms with E-state index < -0.39 is 0 Å². The van der Waals surface area contributed by atoms with Crippen molar-refractivity contribution in [1.82, 2.24) is 25.8 Å². The topological polar surface area (TPSA) is 33.8 Å². The van der Waals surface area contributed by atoms with Crippen molar-refractivity contribution in [2.75, 3.05) is 26.2 Å². The number of hydrogen-bond donors (Lipinski definition) is 2. The number of hydrogen-bond acceptors (Lipinski definition) is 5. The van der Waals surface area contributed by atoms with Crippen LogP contribution in [0.15, 0.2) is 30.5 Å². The van der Waals surface area contributed by atoms with Crippen LogP contribution in [-0.4, -0.2) is 53.1 Å². The Hall–Kier alpha value is -1.56. The van der Waals surface area contributed by atoms with Crippen LogP contribution in [0.2, 0.25) is 0 Å². The highest BCUT2D eigenvalue weighted by molar-refractivity contribution is 5.64. The molecule has 0 bridgehead atoms. The molecule has 3 aliphatic heterocycles. The van der Waals surface area contributed by atoms with Crippen LogP contribution in [0.5, 0.6) is 0 Å². The highest BCUT2D eigenvalue weighted by atomic mass is 15.7. The first kappa shape index (κ1) is 22.2. The van der Waals surface area contributed by atoms with Crippen molar-refractivity contribution in [2.24, 2.45) is 0 Å². The van der Waals surface area contributed by atoms with Crippen molar-refractivity contribution in [3.63, 3.8) is 0 Å². The van der Waals surface area contributed by atoms with Gasteiger partial charge in [0.15, 0.2) is 0 Å². The second-order valence-electron chi connectivity index (χ2n) is 10.5. The van der Waals surface area contributed by atoms with Gasteiger partial charge in [0.2, 0.25) is 0 Å². The summed E-state index contributed by atoms with van der Waals surface area (Å²) >= 11 is 0. The van der Waals surface area contributed by atoms with Crippen LogP contribution in [0.3, 0.4) is 0 Å². The molecular weight excluding hydrogens is 394 g/mol. The van der Waals surface area contributed by atoms with Crippen molar-refractivity contribution in [2.45, 2.75) is 95.7 Å². The first-order chi connectivity index (χ1) is 15.8. The molecular formula is C27H43N5. The summed E-state index contributed by atoms with van der Waals surface area (Å²) < 4.78 is 0. The summed E-state index contributed by atoms with van der Waals surface area (Å²) in [5.74, 6) is 0. The van der Waals surface area contributed by atoms with Gasteiger partial charge in [0.05, 0.1) is 5.70 Å². The van der Waals surface area contributed by atoms with E-state index in [0.717, 1.165) is 12.6 Å². The molecule has 1 unspecified atom stereocenters. The molecule has 1 aromatic carbocycles. The molecule has 176 valence electrons. The zero-order chi connectivity index (χ0) is 21.6. The molecule has 0 amide bonds. The smallest absolute Gasteiger partial charge is 0.0751 e. The van der Waals surface area contributed by atoms with Crippen molar-refractivity contribution >= 4 is 5.70 Å². The maximum absolute atomic E-state index is 3.44. The summed E-state index contributed by atoms with van der Waals surface area (Å²) in [6.45, 7) is 6.12. The highest BCUT2D eigenvalue weighted by Crippen LogP contribution is 2.25. The Kier molecular flexibility index (Phi) is 7.67. The number of rotatable bonds is 4. The number of piperazine rings is 1. The van der Waals surface area contributed by atoms with Gasteiger partial charge in [-0.15, -0.1) is 5.53 Å². The molecule has 0 radical (unpaired) electrons. The quantitative estimate of drug-likeness (QED) is 0.702. The van der Waals surface area contributed by atoms with Crippen LogP contribution in [0.25, 0.3) is 5.70 Å². The second-order valence-corrected chi connectivity index (χ2v) is 10.5. The lowest BCUT2D eigenvalue weighted by molar-refractivity contribution is 0.0457. The first-order valence-corrected chi connectivity index (χ1v) is 13.4. The standard InChI is InChI=1S/C27H43N5/c1-2-4-6-10-25(11-7-5-3-1)32-22-27(28-29-32)24-15-13-23(14-16-24)20-30-18-19-31-17-9-8-12-26(31)21-30/h13-16,22,25-26,28-29H,1-12,17-21H2. The molecule has 0 aromatic heterocycles. The molecule has 1 atom stereocenters. The SMILES string of the molecule is C1=C(c2ccc(CN3CCN4CCCCC4C3)cc2)NNN1C1CCCCCCCCC1. The molecule has 1 saturated carbocycles. The number of benzene rings is 1. The van der Waals surface area contributed by atoms with Crippen LogP contribution >= 0.6 is 0 Å². The Labute approximate surface area is 195 Å². The van der Waals surface area contributed by atoms with Gasteiger partial charge in [-0.2, -0.15) is 0 Å². The van der Waals surface area contributed by atoms with Gasteiger partial charge in [0.25, 0.3) is 0 Å². The van der Waals surface area contributed by atoms with Crippen LogP contribution in [0, 0.1) is 0 Å². The minimum absolute atomic E-state index is 0.607. The minimum Gasteiger partial charge on any atom is -0.302 e. The Bertz CT molecular complexity index is 735. The van der Waals surface area contributed by atoms with E-state index >= 15 is 0 Å². The zero-order valence-corrected chi connectivity index (χ0v) is 19.9. The van der Waals surface area contributed by atoms with Crippen molar-refractivity contribution in [3.05, 3.63) is 41.6 Å². The molecule has 0 spiro atoms. The van der Waals surface area contributed by atoms with Crippen LogP contribution in [0.4, 0.5) is 0 Å². The molecule has 5 heteroatoms. The molecule has 2 saturated heterocycles. The van der Waals surface area contributed by atoms with E-state index in [2.05, 4.69) is 56.2 Å².